The van der Waals surface area contributed by atoms with Gasteiger partial charge in [0.25, 0.3) is 5.69 Å². The second-order valence-corrected chi connectivity index (χ2v) is 8.71. The minimum Gasteiger partial charge on any atom is -0.464 e. The number of ether oxygens (including phenoxy) is 1. The van der Waals surface area contributed by atoms with Gasteiger partial charge >= 0.3 is 5.97 Å². The minimum atomic E-state index is -0.382. The first-order chi connectivity index (χ1) is 12.6. The van der Waals surface area contributed by atoms with Crippen molar-refractivity contribution >= 4 is 23.4 Å². The Balaban J connectivity index is 1.84. The Hall–Kier alpha value is -2.34. The molecule has 3 aliphatic carbocycles. The molecule has 0 aromatic heterocycles. The van der Waals surface area contributed by atoms with Gasteiger partial charge in [0, 0.05) is 24.0 Å². The number of nitrogens with zero attached hydrogens (tertiary/aromatic N) is 1. The number of cyclic esters (lactones) is 1. The van der Waals surface area contributed by atoms with Crippen molar-refractivity contribution in [3.05, 3.63) is 74.8 Å². The van der Waals surface area contributed by atoms with Gasteiger partial charge in [0.1, 0.15) is 6.61 Å². The second kappa shape index (κ2) is 5.33. The van der Waals surface area contributed by atoms with Crippen LogP contribution in [0.25, 0.3) is 0 Å². The number of nitro groups is 1. The van der Waals surface area contributed by atoms with Gasteiger partial charge in [0.05, 0.1) is 15.6 Å². The van der Waals surface area contributed by atoms with Crippen molar-refractivity contribution in [2.45, 2.75) is 23.5 Å². The third-order valence-corrected chi connectivity index (χ3v) is 7.46. The number of thioether (sulfide) groups is 1. The van der Waals surface area contributed by atoms with E-state index in [4.69, 9.17) is 4.74 Å². The molecule has 0 unspecified atom stereocenters. The molecule has 1 heterocycles. The van der Waals surface area contributed by atoms with Gasteiger partial charge in [0.15, 0.2) is 0 Å². The van der Waals surface area contributed by atoms with E-state index in [-0.39, 0.29) is 39.1 Å². The van der Waals surface area contributed by atoms with Gasteiger partial charge < -0.3 is 4.74 Å². The quantitative estimate of drug-likeness (QED) is 0.468. The summed E-state index contributed by atoms with van der Waals surface area (Å²) in [6.07, 6.45) is 0. The Labute approximate surface area is 154 Å². The van der Waals surface area contributed by atoms with Gasteiger partial charge in [0.2, 0.25) is 0 Å². The summed E-state index contributed by atoms with van der Waals surface area (Å²) in [6.45, 7) is 2.45. The second-order valence-electron chi connectivity index (χ2n) is 7.08. The Bertz CT molecular complexity index is 959. The van der Waals surface area contributed by atoms with Crippen molar-refractivity contribution in [2.75, 3.05) is 12.4 Å². The van der Waals surface area contributed by atoms with Crippen LogP contribution < -0.4 is 0 Å². The summed E-state index contributed by atoms with van der Waals surface area (Å²) < 4.78 is 5.20. The van der Waals surface area contributed by atoms with Gasteiger partial charge in [-0.15, -0.1) is 11.8 Å². The minimum absolute atomic E-state index is 0.0694. The van der Waals surface area contributed by atoms with E-state index in [2.05, 4.69) is 19.1 Å². The number of carbonyl (C=O) groups excluding carboxylic acids is 1. The number of hydrogen-bond donors (Lipinski definition) is 0. The lowest BCUT2D eigenvalue weighted by Crippen LogP contribution is -2.52. The molecule has 5 nitrogen and oxygen atoms in total. The van der Waals surface area contributed by atoms with Gasteiger partial charge in [-0.05, 0) is 28.0 Å². The van der Waals surface area contributed by atoms with Crippen LogP contribution in [-0.2, 0) is 9.53 Å². The highest BCUT2D eigenvalue weighted by Crippen LogP contribution is 2.66. The average molecular weight is 367 g/mol. The van der Waals surface area contributed by atoms with Gasteiger partial charge in [-0.2, -0.15) is 0 Å². The lowest BCUT2D eigenvalue weighted by atomic mass is 9.54. The number of nitro benzene ring substituents is 1. The van der Waals surface area contributed by atoms with Crippen molar-refractivity contribution in [3.8, 4) is 0 Å². The molecule has 1 aliphatic heterocycles. The predicted octanol–water partition coefficient (Wildman–Crippen LogP) is 3.85. The molecule has 0 radical (unpaired) electrons. The van der Waals surface area contributed by atoms with E-state index < -0.39 is 0 Å². The molecule has 4 aliphatic rings. The van der Waals surface area contributed by atoms with E-state index in [1.54, 1.807) is 23.9 Å². The molecule has 2 aromatic rings. The fraction of sp³-hybridized carbons (Fsp3) is 0.350. The van der Waals surface area contributed by atoms with Crippen LogP contribution in [0, 0.1) is 16.0 Å². The van der Waals surface area contributed by atoms with Crippen molar-refractivity contribution in [3.63, 3.8) is 0 Å². The SMILES string of the molecule is CCS[C@]12COC(=O)[C@H]1[C@H]1c3ccccc3[C@@H]2c2cc([N+](=O)[O-])ccc21. The van der Waals surface area contributed by atoms with Crippen LogP contribution in [0.2, 0.25) is 0 Å². The zero-order chi connectivity index (χ0) is 18.1. The van der Waals surface area contributed by atoms with Crippen LogP contribution in [0.5, 0.6) is 0 Å². The van der Waals surface area contributed by atoms with Crippen molar-refractivity contribution in [1.82, 2.24) is 0 Å². The Kier molecular flexibility index (Phi) is 3.26. The number of rotatable bonds is 3. The van der Waals surface area contributed by atoms with E-state index in [9.17, 15) is 14.9 Å². The maximum atomic E-state index is 12.7. The highest BCUT2D eigenvalue weighted by Gasteiger charge is 2.65. The van der Waals surface area contributed by atoms with Crippen LogP contribution >= 0.6 is 11.8 Å². The summed E-state index contributed by atoms with van der Waals surface area (Å²) in [6, 6.07) is 13.3. The average Bonchev–Trinajstić information content (AvgIpc) is 2.99. The smallest absolute Gasteiger partial charge is 0.311 e. The van der Waals surface area contributed by atoms with Crippen LogP contribution in [0.4, 0.5) is 5.69 Å². The van der Waals surface area contributed by atoms with Crippen LogP contribution in [-0.4, -0.2) is 28.0 Å². The molecule has 1 saturated heterocycles. The van der Waals surface area contributed by atoms with E-state index in [1.807, 2.05) is 18.2 Å². The Morgan fingerprint density at radius 3 is 2.65 bits per heavy atom. The fourth-order valence-electron chi connectivity index (χ4n) is 5.21. The number of esters is 1. The first-order valence-electron chi connectivity index (χ1n) is 8.76. The first kappa shape index (κ1) is 15.9. The molecule has 132 valence electrons. The standard InChI is InChI=1S/C20H17NO4S/c1-2-26-20-10-25-19(22)18(20)16-12-5-3-4-6-14(12)17(20)15-9-11(21(23)24)7-8-13(15)16/h3-9,16-18H,2,10H2,1H3/t16-,17+,18+,20-/m0/s1. The molecule has 2 aromatic carbocycles. The normalized spacial score (nSPS) is 30.3. The topological polar surface area (TPSA) is 69.4 Å². The summed E-state index contributed by atoms with van der Waals surface area (Å²) in [5, 5.41) is 11.3. The highest BCUT2D eigenvalue weighted by atomic mass is 32.2. The van der Waals surface area contributed by atoms with E-state index in [1.165, 1.54) is 5.56 Å². The number of carbonyl (C=O) groups is 1. The fourth-order valence-corrected chi connectivity index (χ4v) is 6.73. The molecule has 6 rings (SSSR count). The van der Waals surface area contributed by atoms with Gasteiger partial charge in [-0.25, -0.2) is 0 Å². The first-order valence-corrected chi connectivity index (χ1v) is 9.74. The van der Waals surface area contributed by atoms with Crippen LogP contribution in [0.1, 0.15) is 41.0 Å². The summed E-state index contributed by atoms with van der Waals surface area (Å²) in [5.41, 5.74) is 4.47. The summed E-state index contributed by atoms with van der Waals surface area (Å²) in [5.74, 6) is 0.324. The van der Waals surface area contributed by atoms with Crippen LogP contribution in [0.15, 0.2) is 42.5 Å². The van der Waals surface area contributed by atoms with Crippen molar-refractivity contribution in [2.24, 2.45) is 5.92 Å². The highest BCUT2D eigenvalue weighted by molar-refractivity contribution is 8.00. The summed E-state index contributed by atoms with van der Waals surface area (Å²) >= 11 is 1.76. The van der Waals surface area contributed by atoms with Crippen LogP contribution in [0.3, 0.4) is 0 Å². The predicted molar refractivity (Wildman–Crippen MR) is 98.5 cm³/mol. The number of hydrogen-bond acceptors (Lipinski definition) is 5. The lowest BCUT2D eigenvalue weighted by molar-refractivity contribution is -0.385. The maximum absolute atomic E-state index is 12.7. The maximum Gasteiger partial charge on any atom is 0.311 e. The molecule has 6 heteroatoms. The van der Waals surface area contributed by atoms with E-state index in [0.717, 1.165) is 22.4 Å². The van der Waals surface area contributed by atoms with E-state index >= 15 is 0 Å². The number of non-ortho nitro benzene ring substituents is 1. The molecule has 4 atom stereocenters. The molecule has 1 fully saturated rings. The third-order valence-electron chi connectivity index (χ3n) is 6.02. The lowest BCUT2D eigenvalue weighted by Gasteiger charge is -2.52. The zero-order valence-electron chi connectivity index (χ0n) is 14.2. The Morgan fingerprint density at radius 1 is 1.19 bits per heavy atom. The van der Waals surface area contributed by atoms with Crippen molar-refractivity contribution in [1.29, 1.82) is 0 Å². The molecule has 0 N–H and O–H groups in total. The molecule has 2 bridgehead atoms. The third kappa shape index (κ3) is 1.80. The summed E-state index contributed by atoms with van der Waals surface area (Å²) in [7, 11) is 0. The largest absolute Gasteiger partial charge is 0.464 e. The molecular formula is C20H17NO4S. The molecule has 0 spiro atoms. The molecule has 0 amide bonds. The molecular weight excluding hydrogens is 350 g/mol. The van der Waals surface area contributed by atoms with Gasteiger partial charge in [-0.3, -0.25) is 14.9 Å². The van der Waals surface area contributed by atoms with E-state index in [0.29, 0.717) is 6.61 Å². The van der Waals surface area contributed by atoms with Gasteiger partial charge in [-0.1, -0.05) is 37.3 Å². The zero-order valence-corrected chi connectivity index (χ0v) is 15.0. The van der Waals surface area contributed by atoms with Crippen molar-refractivity contribution < 1.29 is 14.5 Å². The molecule has 26 heavy (non-hydrogen) atoms. The molecule has 0 saturated carbocycles. The Morgan fingerprint density at radius 2 is 1.92 bits per heavy atom. The monoisotopic (exact) mass is 367 g/mol. The number of benzene rings is 2. The summed E-state index contributed by atoms with van der Waals surface area (Å²) in [4.78, 5) is 23.7.